The molecule has 1 saturated carbocycles. The number of anilines is 1. The smallest absolute Gasteiger partial charge is 0.244 e. The molecule has 0 heterocycles. The standard InChI is InChI=1S/C32H38BrN3O6S/c1-41-27-17-18-30(42-2)28(20-27)36(43(3,39)40)22-31(37)35(21-24-13-15-25(33)16-14-24)29(19-23-9-5-4-6-10-23)32(38)34-26-11-7-8-12-26/h4-6,9-10,13-18,20,26,29H,7-8,11-12,19,21-22H2,1-3H3,(H,34,38)/t29-/m1/s1. The van der Waals surface area contributed by atoms with Gasteiger partial charge in [-0.3, -0.25) is 13.9 Å². The van der Waals surface area contributed by atoms with Crippen LogP contribution in [0.25, 0.3) is 0 Å². The van der Waals surface area contributed by atoms with E-state index >= 15 is 0 Å². The van der Waals surface area contributed by atoms with Crippen molar-refractivity contribution in [3.05, 3.63) is 88.4 Å². The van der Waals surface area contributed by atoms with Crippen molar-refractivity contribution >= 4 is 43.5 Å². The fourth-order valence-corrected chi connectivity index (χ4v) is 6.40. The molecule has 11 heteroatoms. The predicted octanol–water partition coefficient (Wildman–Crippen LogP) is 4.93. The molecule has 43 heavy (non-hydrogen) atoms. The minimum atomic E-state index is -3.96. The quantitative estimate of drug-likeness (QED) is 0.276. The highest BCUT2D eigenvalue weighted by molar-refractivity contribution is 9.10. The van der Waals surface area contributed by atoms with Crippen LogP contribution in [0.5, 0.6) is 11.5 Å². The summed E-state index contributed by atoms with van der Waals surface area (Å²) in [6, 6.07) is 20.9. The van der Waals surface area contributed by atoms with Crippen LogP contribution in [0.1, 0.15) is 36.8 Å². The Bertz CT molecular complexity index is 1500. The third-order valence-corrected chi connectivity index (χ3v) is 9.23. The van der Waals surface area contributed by atoms with Gasteiger partial charge in [-0.05, 0) is 48.2 Å². The topological polar surface area (TPSA) is 105 Å². The van der Waals surface area contributed by atoms with E-state index in [0.717, 1.165) is 51.8 Å². The number of sulfonamides is 1. The zero-order valence-electron chi connectivity index (χ0n) is 24.7. The van der Waals surface area contributed by atoms with Crippen LogP contribution < -0.4 is 19.1 Å². The summed E-state index contributed by atoms with van der Waals surface area (Å²) in [6.45, 7) is -0.435. The molecule has 0 radical (unpaired) electrons. The molecule has 2 amide bonds. The van der Waals surface area contributed by atoms with Crippen molar-refractivity contribution < 1.29 is 27.5 Å². The van der Waals surface area contributed by atoms with Crippen LogP contribution in [0.2, 0.25) is 0 Å². The van der Waals surface area contributed by atoms with Crippen molar-refractivity contribution in [2.24, 2.45) is 0 Å². The monoisotopic (exact) mass is 671 g/mol. The number of nitrogens with zero attached hydrogens (tertiary/aromatic N) is 2. The number of ether oxygens (including phenoxy) is 2. The van der Waals surface area contributed by atoms with Gasteiger partial charge in [-0.2, -0.15) is 0 Å². The predicted molar refractivity (Wildman–Crippen MR) is 171 cm³/mol. The molecule has 0 bridgehead atoms. The number of amides is 2. The van der Waals surface area contributed by atoms with Gasteiger partial charge in [-0.1, -0.05) is 71.2 Å². The molecule has 1 N–H and O–H groups in total. The second-order valence-electron chi connectivity index (χ2n) is 10.7. The summed E-state index contributed by atoms with van der Waals surface area (Å²) < 4.78 is 39.0. The first-order chi connectivity index (χ1) is 20.6. The minimum Gasteiger partial charge on any atom is -0.497 e. The van der Waals surface area contributed by atoms with Crippen molar-refractivity contribution in [3.63, 3.8) is 0 Å². The average molecular weight is 673 g/mol. The first kappa shape index (κ1) is 32.3. The minimum absolute atomic E-state index is 0.0453. The lowest BCUT2D eigenvalue weighted by Crippen LogP contribution is -2.54. The molecule has 1 aliphatic rings. The molecule has 0 aliphatic heterocycles. The van der Waals surface area contributed by atoms with Crippen LogP contribution in [0.3, 0.4) is 0 Å². The van der Waals surface area contributed by atoms with Crippen molar-refractivity contribution in [2.75, 3.05) is 31.3 Å². The van der Waals surface area contributed by atoms with Gasteiger partial charge in [0.05, 0.1) is 26.2 Å². The molecule has 0 aromatic heterocycles. The van der Waals surface area contributed by atoms with E-state index < -0.39 is 28.5 Å². The highest BCUT2D eigenvalue weighted by Crippen LogP contribution is 2.34. The molecular formula is C32H38BrN3O6S. The highest BCUT2D eigenvalue weighted by atomic mass is 79.9. The Morgan fingerprint density at radius 1 is 0.953 bits per heavy atom. The first-order valence-corrected chi connectivity index (χ1v) is 16.8. The molecule has 0 unspecified atom stereocenters. The first-order valence-electron chi connectivity index (χ1n) is 14.2. The largest absolute Gasteiger partial charge is 0.497 e. The van der Waals surface area contributed by atoms with Crippen molar-refractivity contribution in [1.29, 1.82) is 0 Å². The van der Waals surface area contributed by atoms with Crippen molar-refractivity contribution in [2.45, 2.75) is 50.7 Å². The molecule has 0 saturated heterocycles. The zero-order valence-corrected chi connectivity index (χ0v) is 27.1. The Hall–Kier alpha value is -3.57. The number of nitrogens with one attached hydrogen (secondary N) is 1. The fourth-order valence-electron chi connectivity index (χ4n) is 5.29. The number of halogens is 1. The fraction of sp³-hybridized carbons (Fsp3) is 0.375. The molecule has 1 fully saturated rings. The lowest BCUT2D eigenvalue weighted by molar-refractivity contribution is -0.140. The average Bonchev–Trinajstić information content (AvgIpc) is 3.51. The van der Waals surface area contributed by atoms with E-state index in [1.807, 2.05) is 54.6 Å². The number of methoxy groups -OCH3 is 2. The van der Waals surface area contributed by atoms with E-state index in [0.29, 0.717) is 5.75 Å². The van der Waals surface area contributed by atoms with Gasteiger partial charge in [0.15, 0.2) is 0 Å². The van der Waals surface area contributed by atoms with Crippen molar-refractivity contribution in [3.8, 4) is 11.5 Å². The van der Waals surface area contributed by atoms with Gasteiger partial charge in [0.25, 0.3) is 0 Å². The van der Waals surface area contributed by atoms with Crippen molar-refractivity contribution in [1.82, 2.24) is 10.2 Å². The van der Waals surface area contributed by atoms with Gasteiger partial charge >= 0.3 is 0 Å². The Labute approximate surface area is 262 Å². The van der Waals surface area contributed by atoms with Crippen LogP contribution in [-0.4, -0.2) is 64.2 Å². The lowest BCUT2D eigenvalue weighted by atomic mass is 10.0. The Morgan fingerprint density at radius 2 is 1.63 bits per heavy atom. The number of rotatable bonds is 13. The summed E-state index contributed by atoms with van der Waals surface area (Å²) in [5.74, 6) is -0.119. The van der Waals surface area contributed by atoms with E-state index in [9.17, 15) is 18.0 Å². The third kappa shape index (κ3) is 8.73. The third-order valence-electron chi connectivity index (χ3n) is 7.57. The molecular weight excluding hydrogens is 634 g/mol. The van der Waals surface area contributed by atoms with Gasteiger partial charge in [-0.25, -0.2) is 8.42 Å². The summed E-state index contributed by atoms with van der Waals surface area (Å²) in [5, 5.41) is 3.17. The summed E-state index contributed by atoms with van der Waals surface area (Å²) in [4.78, 5) is 29.8. The second-order valence-corrected chi connectivity index (χ2v) is 13.5. The van der Waals surface area contributed by atoms with Gasteiger partial charge in [0, 0.05) is 29.5 Å². The molecule has 230 valence electrons. The van der Waals surface area contributed by atoms with E-state index in [1.165, 1.54) is 25.2 Å². The summed E-state index contributed by atoms with van der Waals surface area (Å²) in [5.41, 5.74) is 1.85. The molecule has 3 aromatic rings. The van der Waals surface area contributed by atoms with Gasteiger partial charge < -0.3 is 19.7 Å². The Morgan fingerprint density at radius 3 is 2.23 bits per heavy atom. The summed E-state index contributed by atoms with van der Waals surface area (Å²) in [6.07, 6.45) is 5.17. The van der Waals surface area contributed by atoms with E-state index in [1.54, 1.807) is 12.1 Å². The Balaban J connectivity index is 1.76. The summed E-state index contributed by atoms with van der Waals surface area (Å²) in [7, 11) is -1.06. The van der Waals surface area contributed by atoms with Crippen LogP contribution in [0.15, 0.2) is 77.3 Å². The van der Waals surface area contributed by atoms with Gasteiger partial charge in [-0.15, -0.1) is 0 Å². The number of carbonyl (C=O) groups excluding carboxylic acids is 2. The maximum absolute atomic E-state index is 14.3. The highest BCUT2D eigenvalue weighted by Gasteiger charge is 2.35. The molecule has 9 nitrogen and oxygen atoms in total. The number of hydrogen-bond acceptors (Lipinski definition) is 6. The van der Waals surface area contributed by atoms with Gasteiger partial charge in [0.2, 0.25) is 21.8 Å². The number of carbonyl (C=O) groups is 2. The van der Waals surface area contributed by atoms with E-state index in [-0.39, 0.29) is 36.4 Å². The molecule has 1 aliphatic carbocycles. The lowest BCUT2D eigenvalue weighted by Gasteiger charge is -2.34. The molecule has 1 atom stereocenters. The van der Waals surface area contributed by atoms with Crippen LogP contribution in [0, 0.1) is 0 Å². The van der Waals surface area contributed by atoms with E-state index in [4.69, 9.17) is 9.47 Å². The van der Waals surface area contributed by atoms with E-state index in [2.05, 4.69) is 21.2 Å². The Kier molecular flexibility index (Phi) is 11.1. The number of hydrogen-bond donors (Lipinski definition) is 1. The normalized spacial score (nSPS) is 14.1. The van der Waals surface area contributed by atoms with Gasteiger partial charge in [0.1, 0.15) is 24.1 Å². The number of benzene rings is 3. The summed E-state index contributed by atoms with van der Waals surface area (Å²) >= 11 is 3.45. The second kappa shape index (κ2) is 14.7. The maximum Gasteiger partial charge on any atom is 0.244 e. The van der Waals surface area contributed by atoms with Crippen LogP contribution in [0.4, 0.5) is 5.69 Å². The van der Waals surface area contributed by atoms with Crippen LogP contribution in [-0.2, 0) is 32.6 Å². The molecule has 4 rings (SSSR count). The van der Waals surface area contributed by atoms with Crippen LogP contribution >= 0.6 is 15.9 Å². The SMILES string of the molecule is COc1ccc(OC)c(N(CC(=O)N(Cc2ccc(Br)cc2)[C@H](Cc2ccccc2)C(=O)NC2CCCC2)S(C)(=O)=O)c1. The maximum atomic E-state index is 14.3. The molecule has 3 aromatic carbocycles. The molecule has 0 spiro atoms. The zero-order chi connectivity index (χ0) is 31.0.